The largest absolute Gasteiger partial charge is 0.381 e. The fourth-order valence-corrected chi connectivity index (χ4v) is 3.28. The van der Waals surface area contributed by atoms with Gasteiger partial charge in [-0.1, -0.05) is 25.4 Å². The summed E-state index contributed by atoms with van der Waals surface area (Å²) in [4.78, 5) is 3.46. The molecule has 2 nitrogen and oxygen atoms in total. The van der Waals surface area contributed by atoms with Gasteiger partial charge in [-0.15, -0.1) is 0 Å². The molecule has 0 bridgehead atoms. The molecule has 3 heteroatoms. The molecule has 2 aromatic rings. The normalized spacial score (nSPS) is 17.5. The van der Waals surface area contributed by atoms with Crippen molar-refractivity contribution in [2.45, 2.75) is 38.5 Å². The Kier molecular flexibility index (Phi) is 3.55. The highest BCUT2D eigenvalue weighted by Gasteiger charge is 2.20. The lowest BCUT2D eigenvalue weighted by Gasteiger charge is -2.23. The van der Waals surface area contributed by atoms with Crippen molar-refractivity contribution >= 4 is 22.5 Å². The van der Waals surface area contributed by atoms with Gasteiger partial charge in [-0.05, 0) is 47.9 Å². The minimum absolute atomic E-state index is 0.509. The zero-order chi connectivity index (χ0) is 13.4. The van der Waals surface area contributed by atoms with Crippen LogP contribution in [-0.2, 0) is 4.74 Å². The number of hydrogen-bond donors (Lipinski definition) is 1. The maximum Gasteiger partial charge on any atom is 0.0493 e. The van der Waals surface area contributed by atoms with Crippen molar-refractivity contribution in [2.24, 2.45) is 0 Å². The second kappa shape index (κ2) is 5.18. The standard InChI is InChI=1S/C16H20ClNO/c1-10(2)15-9-18-16-13(7-12(17)8-14(15)16)11-3-5-19-6-4-11/h7-11,18H,3-6H2,1-2H3. The van der Waals surface area contributed by atoms with Crippen molar-refractivity contribution in [1.82, 2.24) is 4.98 Å². The summed E-state index contributed by atoms with van der Waals surface area (Å²) >= 11 is 6.33. The molecule has 1 fully saturated rings. The average Bonchev–Trinajstić information content (AvgIpc) is 2.82. The number of nitrogens with one attached hydrogen (secondary N) is 1. The second-order valence-corrected chi connectivity index (χ2v) is 6.14. The van der Waals surface area contributed by atoms with E-state index in [0.29, 0.717) is 11.8 Å². The van der Waals surface area contributed by atoms with Crippen LogP contribution < -0.4 is 0 Å². The first-order chi connectivity index (χ1) is 9.16. The van der Waals surface area contributed by atoms with Gasteiger partial charge >= 0.3 is 0 Å². The number of fused-ring (bicyclic) bond motifs is 1. The lowest BCUT2D eigenvalue weighted by atomic mass is 9.89. The minimum Gasteiger partial charge on any atom is -0.381 e. The molecule has 1 aliphatic rings. The molecule has 1 saturated heterocycles. The van der Waals surface area contributed by atoms with Crippen LogP contribution in [0.15, 0.2) is 18.3 Å². The molecule has 0 unspecified atom stereocenters. The lowest BCUT2D eigenvalue weighted by Crippen LogP contribution is -2.14. The summed E-state index contributed by atoms with van der Waals surface area (Å²) in [6.45, 7) is 6.15. The van der Waals surface area contributed by atoms with Gasteiger partial charge in [0.15, 0.2) is 0 Å². The first-order valence-electron chi connectivity index (χ1n) is 7.05. The zero-order valence-corrected chi connectivity index (χ0v) is 12.3. The monoisotopic (exact) mass is 277 g/mol. The molecule has 102 valence electrons. The predicted octanol–water partition coefficient (Wildman–Crippen LogP) is 4.84. The maximum absolute atomic E-state index is 6.33. The van der Waals surface area contributed by atoms with E-state index < -0.39 is 0 Å². The third kappa shape index (κ3) is 2.39. The Labute approximate surface area is 119 Å². The Bertz CT molecular complexity index is 582. The molecule has 0 spiro atoms. The van der Waals surface area contributed by atoms with E-state index in [1.54, 1.807) is 0 Å². The summed E-state index contributed by atoms with van der Waals surface area (Å²) in [6.07, 6.45) is 4.31. The van der Waals surface area contributed by atoms with Crippen molar-refractivity contribution in [2.75, 3.05) is 13.2 Å². The molecule has 2 heterocycles. The summed E-state index contributed by atoms with van der Waals surface area (Å²) in [5, 5.41) is 2.12. The molecule has 1 aromatic heterocycles. The number of halogens is 1. The van der Waals surface area contributed by atoms with Crippen LogP contribution in [0.3, 0.4) is 0 Å². The second-order valence-electron chi connectivity index (χ2n) is 5.70. The average molecular weight is 278 g/mol. The molecule has 0 saturated carbocycles. The van der Waals surface area contributed by atoms with Gasteiger partial charge in [-0.25, -0.2) is 0 Å². The summed E-state index contributed by atoms with van der Waals surface area (Å²) in [5.41, 5.74) is 3.98. The molecule has 0 radical (unpaired) electrons. The molecule has 0 amide bonds. The first-order valence-corrected chi connectivity index (χ1v) is 7.42. The van der Waals surface area contributed by atoms with E-state index in [-0.39, 0.29) is 0 Å². The number of H-pyrrole nitrogens is 1. The van der Waals surface area contributed by atoms with Crippen molar-refractivity contribution in [1.29, 1.82) is 0 Å². The fraction of sp³-hybridized carbons (Fsp3) is 0.500. The summed E-state index contributed by atoms with van der Waals surface area (Å²) in [6, 6.07) is 4.21. The maximum atomic E-state index is 6.33. The third-order valence-electron chi connectivity index (χ3n) is 4.10. The van der Waals surface area contributed by atoms with Crippen LogP contribution in [0.25, 0.3) is 10.9 Å². The van der Waals surface area contributed by atoms with E-state index in [9.17, 15) is 0 Å². The van der Waals surface area contributed by atoms with Crippen LogP contribution in [0.5, 0.6) is 0 Å². The SMILES string of the molecule is CC(C)c1c[nH]c2c(C3CCOCC3)cc(Cl)cc12. The van der Waals surface area contributed by atoms with E-state index in [1.807, 2.05) is 0 Å². The summed E-state index contributed by atoms with van der Waals surface area (Å²) in [5.74, 6) is 1.07. The molecule has 1 aromatic carbocycles. The Morgan fingerprint density at radius 3 is 2.68 bits per heavy atom. The first kappa shape index (κ1) is 13.0. The number of aromatic amines is 1. The van der Waals surface area contributed by atoms with Crippen LogP contribution in [0.4, 0.5) is 0 Å². The zero-order valence-electron chi connectivity index (χ0n) is 11.5. The van der Waals surface area contributed by atoms with Crippen LogP contribution in [0, 0.1) is 0 Å². The van der Waals surface area contributed by atoms with Gasteiger partial charge in [0.2, 0.25) is 0 Å². The highest BCUT2D eigenvalue weighted by molar-refractivity contribution is 6.31. The minimum atomic E-state index is 0.509. The van der Waals surface area contributed by atoms with Crippen LogP contribution in [-0.4, -0.2) is 18.2 Å². The molecule has 1 N–H and O–H groups in total. The number of hydrogen-bond acceptors (Lipinski definition) is 1. The topological polar surface area (TPSA) is 25.0 Å². The highest BCUT2D eigenvalue weighted by atomic mass is 35.5. The fourth-order valence-electron chi connectivity index (χ4n) is 3.05. The van der Waals surface area contributed by atoms with Gasteiger partial charge in [0.25, 0.3) is 0 Å². The van der Waals surface area contributed by atoms with Crippen LogP contribution in [0.2, 0.25) is 5.02 Å². The molecule has 0 atom stereocenters. The van der Waals surface area contributed by atoms with Gasteiger partial charge in [-0.3, -0.25) is 0 Å². The molecule has 0 aliphatic carbocycles. The molecule has 19 heavy (non-hydrogen) atoms. The number of aromatic nitrogens is 1. The van der Waals surface area contributed by atoms with Gasteiger partial charge in [-0.2, -0.15) is 0 Å². The van der Waals surface area contributed by atoms with Gasteiger partial charge in [0.05, 0.1) is 0 Å². The smallest absolute Gasteiger partial charge is 0.0493 e. The van der Waals surface area contributed by atoms with E-state index in [2.05, 4.69) is 37.2 Å². The molecule has 1 aliphatic heterocycles. The van der Waals surface area contributed by atoms with E-state index in [0.717, 1.165) is 31.1 Å². The van der Waals surface area contributed by atoms with E-state index in [4.69, 9.17) is 16.3 Å². The van der Waals surface area contributed by atoms with Crippen LogP contribution >= 0.6 is 11.6 Å². The van der Waals surface area contributed by atoms with Gasteiger partial charge < -0.3 is 9.72 Å². The summed E-state index contributed by atoms with van der Waals surface area (Å²) < 4.78 is 5.46. The van der Waals surface area contributed by atoms with Crippen molar-refractivity contribution in [3.8, 4) is 0 Å². The van der Waals surface area contributed by atoms with E-state index in [1.165, 1.54) is 22.0 Å². The Morgan fingerprint density at radius 2 is 2.00 bits per heavy atom. The Balaban J connectivity index is 2.13. The van der Waals surface area contributed by atoms with Crippen molar-refractivity contribution < 1.29 is 4.74 Å². The van der Waals surface area contributed by atoms with Crippen LogP contribution in [0.1, 0.15) is 49.7 Å². The number of benzene rings is 1. The van der Waals surface area contributed by atoms with Gasteiger partial charge in [0, 0.05) is 35.3 Å². The molecule has 3 rings (SSSR count). The summed E-state index contributed by atoms with van der Waals surface area (Å²) in [7, 11) is 0. The molecular formula is C16H20ClNO. The third-order valence-corrected chi connectivity index (χ3v) is 4.32. The lowest BCUT2D eigenvalue weighted by molar-refractivity contribution is 0.0856. The van der Waals surface area contributed by atoms with Gasteiger partial charge in [0.1, 0.15) is 0 Å². The number of ether oxygens (including phenoxy) is 1. The highest BCUT2D eigenvalue weighted by Crippen LogP contribution is 2.37. The quantitative estimate of drug-likeness (QED) is 0.835. The molecular weight excluding hydrogens is 258 g/mol. The van der Waals surface area contributed by atoms with Crippen molar-refractivity contribution in [3.63, 3.8) is 0 Å². The predicted molar refractivity (Wildman–Crippen MR) is 80.2 cm³/mol. The van der Waals surface area contributed by atoms with E-state index >= 15 is 0 Å². The Morgan fingerprint density at radius 1 is 1.26 bits per heavy atom. The number of rotatable bonds is 2. The Hall–Kier alpha value is -0.990. The van der Waals surface area contributed by atoms with Crippen molar-refractivity contribution in [3.05, 3.63) is 34.5 Å².